The van der Waals surface area contributed by atoms with E-state index in [-0.39, 0.29) is 9.39 Å². The average Bonchev–Trinajstić information content (AvgIpc) is 2.82. The van der Waals surface area contributed by atoms with Gasteiger partial charge in [0.25, 0.3) is 5.91 Å². The zero-order valence-corrected chi connectivity index (χ0v) is 11.1. The van der Waals surface area contributed by atoms with Crippen LogP contribution in [0.4, 0.5) is 0 Å². The first-order valence-corrected chi connectivity index (χ1v) is 6.08. The molecule has 1 saturated heterocycles. The van der Waals surface area contributed by atoms with Crippen LogP contribution in [0.3, 0.4) is 0 Å². The van der Waals surface area contributed by atoms with Gasteiger partial charge in [-0.05, 0) is 22.6 Å². The van der Waals surface area contributed by atoms with Gasteiger partial charge in [-0.25, -0.2) is 4.68 Å². The van der Waals surface area contributed by atoms with Crippen molar-refractivity contribution < 1.29 is 24.9 Å². The van der Waals surface area contributed by atoms with Gasteiger partial charge in [-0.2, -0.15) is 0 Å². The molecule has 0 unspecified atom stereocenters. The minimum Gasteiger partial charge on any atom is -0.394 e. The van der Waals surface area contributed by atoms with Crippen LogP contribution in [0.5, 0.6) is 0 Å². The van der Waals surface area contributed by atoms with E-state index < -0.39 is 37.1 Å². The van der Waals surface area contributed by atoms with Gasteiger partial charge in [-0.1, -0.05) is 5.21 Å². The number of aliphatic hydroxyl groups is 3. The Morgan fingerprint density at radius 1 is 1.50 bits per heavy atom. The largest absolute Gasteiger partial charge is 0.394 e. The van der Waals surface area contributed by atoms with Gasteiger partial charge in [-0.3, -0.25) is 4.79 Å². The molecule has 4 atom stereocenters. The Morgan fingerprint density at radius 2 is 2.17 bits per heavy atom. The summed E-state index contributed by atoms with van der Waals surface area (Å²) in [5.41, 5.74) is 5.04. The van der Waals surface area contributed by atoms with Crippen LogP contribution in [-0.4, -0.2) is 61.1 Å². The second-order valence-corrected chi connectivity index (χ2v) is 4.79. The quantitative estimate of drug-likeness (QED) is 0.434. The number of halogens is 1. The standard InChI is InChI=1S/C8H11IN4O5/c9-6-3(7(10)17)11-12-13(6)8-5(16)4(15)2(1-14)18-8/h2,4-5,8,14-16H,1H2,(H2,10,17)/t2-,4-,5-,8-/m1/s1. The fourth-order valence-electron chi connectivity index (χ4n) is 1.68. The number of hydrogen-bond donors (Lipinski definition) is 4. The van der Waals surface area contributed by atoms with Gasteiger partial charge < -0.3 is 25.8 Å². The predicted molar refractivity (Wildman–Crippen MR) is 64.3 cm³/mol. The molecule has 100 valence electrons. The monoisotopic (exact) mass is 370 g/mol. The van der Waals surface area contributed by atoms with Crippen molar-refractivity contribution >= 4 is 28.5 Å². The van der Waals surface area contributed by atoms with Crippen LogP contribution in [0.15, 0.2) is 0 Å². The number of nitrogens with two attached hydrogens (primary N) is 1. The molecular weight excluding hydrogens is 359 g/mol. The number of aliphatic hydroxyl groups excluding tert-OH is 3. The molecule has 5 N–H and O–H groups in total. The molecule has 2 rings (SSSR count). The minimum absolute atomic E-state index is 0.0478. The minimum atomic E-state index is -1.28. The molecule has 9 nitrogen and oxygen atoms in total. The van der Waals surface area contributed by atoms with Crippen molar-refractivity contribution in [3.63, 3.8) is 0 Å². The number of ether oxygens (including phenoxy) is 1. The summed E-state index contributed by atoms with van der Waals surface area (Å²) in [4.78, 5) is 11.0. The Labute approximate surface area is 115 Å². The van der Waals surface area contributed by atoms with Crippen LogP contribution in [0, 0.1) is 3.70 Å². The fourth-order valence-corrected chi connectivity index (χ4v) is 2.42. The average molecular weight is 370 g/mol. The summed E-state index contributed by atoms with van der Waals surface area (Å²) in [6.07, 6.45) is -4.46. The van der Waals surface area contributed by atoms with Gasteiger partial charge in [0.15, 0.2) is 11.9 Å². The van der Waals surface area contributed by atoms with Crippen LogP contribution in [0.1, 0.15) is 16.7 Å². The number of amides is 1. The highest BCUT2D eigenvalue weighted by Crippen LogP contribution is 2.30. The second kappa shape index (κ2) is 5.05. The molecule has 0 aromatic carbocycles. The van der Waals surface area contributed by atoms with E-state index in [0.29, 0.717) is 0 Å². The Hall–Kier alpha value is -0.820. The van der Waals surface area contributed by atoms with E-state index in [9.17, 15) is 15.0 Å². The molecule has 0 aliphatic carbocycles. The molecule has 18 heavy (non-hydrogen) atoms. The molecule has 1 aliphatic heterocycles. The Balaban J connectivity index is 2.30. The lowest BCUT2D eigenvalue weighted by Gasteiger charge is -2.15. The molecular formula is C8H11IN4O5. The lowest BCUT2D eigenvalue weighted by molar-refractivity contribution is -0.0606. The van der Waals surface area contributed by atoms with Crippen LogP contribution < -0.4 is 5.73 Å². The van der Waals surface area contributed by atoms with Gasteiger partial charge in [0.05, 0.1) is 6.61 Å². The predicted octanol–water partition coefficient (Wildman–Crippen LogP) is -2.41. The van der Waals surface area contributed by atoms with E-state index in [4.69, 9.17) is 15.6 Å². The first kappa shape index (κ1) is 13.6. The van der Waals surface area contributed by atoms with Crippen LogP contribution in [-0.2, 0) is 4.74 Å². The smallest absolute Gasteiger partial charge is 0.272 e. The lowest BCUT2D eigenvalue weighted by Crippen LogP contribution is -2.33. The maximum Gasteiger partial charge on any atom is 0.272 e. The number of aromatic nitrogens is 3. The summed E-state index contributed by atoms with van der Waals surface area (Å²) in [6.45, 7) is -0.442. The fraction of sp³-hybridized carbons (Fsp3) is 0.625. The molecule has 2 heterocycles. The summed E-state index contributed by atoms with van der Waals surface area (Å²) in [6, 6.07) is 0. The summed E-state index contributed by atoms with van der Waals surface area (Å²) < 4.78 is 6.68. The molecule has 0 spiro atoms. The maximum atomic E-state index is 11.0. The first-order valence-electron chi connectivity index (χ1n) is 5.00. The van der Waals surface area contributed by atoms with E-state index >= 15 is 0 Å². The van der Waals surface area contributed by atoms with E-state index in [1.54, 1.807) is 22.6 Å². The van der Waals surface area contributed by atoms with Crippen molar-refractivity contribution in [1.82, 2.24) is 15.0 Å². The SMILES string of the molecule is NC(=O)c1nnn([C@@H]2O[C@H](CO)[C@@H](O)[C@H]2O)c1I. The number of rotatable bonds is 3. The van der Waals surface area contributed by atoms with Gasteiger partial charge in [0, 0.05) is 0 Å². The van der Waals surface area contributed by atoms with Crippen molar-refractivity contribution in [2.75, 3.05) is 6.61 Å². The third kappa shape index (κ3) is 2.09. The number of carbonyl (C=O) groups is 1. The summed E-state index contributed by atoms with van der Waals surface area (Å²) in [5, 5.41) is 35.6. The van der Waals surface area contributed by atoms with Crippen molar-refractivity contribution in [3.8, 4) is 0 Å². The molecule has 0 bridgehead atoms. The Morgan fingerprint density at radius 3 is 2.61 bits per heavy atom. The molecule has 0 radical (unpaired) electrons. The first-order chi connectivity index (χ1) is 8.47. The van der Waals surface area contributed by atoms with E-state index in [2.05, 4.69) is 10.3 Å². The topological polar surface area (TPSA) is 144 Å². The molecule has 1 aromatic rings. The van der Waals surface area contributed by atoms with E-state index in [1.807, 2.05) is 0 Å². The highest BCUT2D eigenvalue weighted by atomic mass is 127. The summed E-state index contributed by atoms with van der Waals surface area (Å²) in [7, 11) is 0. The van der Waals surface area contributed by atoms with Gasteiger partial charge in [0.1, 0.15) is 22.0 Å². The molecule has 10 heteroatoms. The van der Waals surface area contributed by atoms with E-state index in [1.165, 1.54) is 0 Å². The molecule has 1 amide bonds. The van der Waals surface area contributed by atoms with Crippen LogP contribution >= 0.6 is 22.6 Å². The third-order valence-corrected chi connectivity index (χ3v) is 3.63. The second-order valence-electron chi connectivity index (χ2n) is 3.77. The normalized spacial score (nSPS) is 31.8. The van der Waals surface area contributed by atoms with Crippen molar-refractivity contribution in [2.24, 2.45) is 5.73 Å². The van der Waals surface area contributed by atoms with Gasteiger partial charge in [-0.15, -0.1) is 5.10 Å². The summed E-state index contributed by atoms with van der Waals surface area (Å²) in [5.74, 6) is -0.752. The third-order valence-electron chi connectivity index (χ3n) is 2.63. The molecule has 1 aromatic heterocycles. The Kier molecular flexibility index (Phi) is 3.82. The Bertz CT molecular complexity index is 466. The number of nitrogens with zero attached hydrogens (tertiary/aromatic N) is 3. The van der Waals surface area contributed by atoms with Gasteiger partial charge >= 0.3 is 0 Å². The highest BCUT2D eigenvalue weighted by Gasteiger charge is 2.44. The van der Waals surface area contributed by atoms with Crippen molar-refractivity contribution in [2.45, 2.75) is 24.5 Å². The highest BCUT2D eigenvalue weighted by molar-refractivity contribution is 14.1. The number of carbonyl (C=O) groups excluding carboxylic acids is 1. The van der Waals surface area contributed by atoms with E-state index in [0.717, 1.165) is 4.68 Å². The van der Waals surface area contributed by atoms with Crippen LogP contribution in [0.25, 0.3) is 0 Å². The molecule has 0 saturated carbocycles. The maximum absolute atomic E-state index is 11.0. The molecule has 1 aliphatic rings. The number of hydrogen-bond acceptors (Lipinski definition) is 7. The van der Waals surface area contributed by atoms with Crippen molar-refractivity contribution in [3.05, 3.63) is 9.39 Å². The van der Waals surface area contributed by atoms with Gasteiger partial charge in [0.2, 0.25) is 0 Å². The van der Waals surface area contributed by atoms with Crippen molar-refractivity contribution in [1.29, 1.82) is 0 Å². The zero-order valence-electron chi connectivity index (χ0n) is 8.97. The zero-order chi connectivity index (χ0) is 13.4. The lowest BCUT2D eigenvalue weighted by atomic mass is 10.1. The van der Waals surface area contributed by atoms with Crippen LogP contribution in [0.2, 0.25) is 0 Å². The molecule has 1 fully saturated rings. The number of primary amides is 1. The summed E-state index contributed by atoms with van der Waals surface area (Å²) >= 11 is 1.78.